The van der Waals surface area contributed by atoms with Gasteiger partial charge in [0.25, 0.3) is 5.91 Å². The van der Waals surface area contributed by atoms with Crippen molar-refractivity contribution in [3.8, 4) is 17.2 Å². The van der Waals surface area contributed by atoms with Gasteiger partial charge in [-0.3, -0.25) is 15.1 Å². The van der Waals surface area contributed by atoms with Crippen LogP contribution in [0.2, 0.25) is 0 Å². The first-order chi connectivity index (χ1) is 13.0. The van der Waals surface area contributed by atoms with Gasteiger partial charge < -0.3 is 14.2 Å². The second-order valence-electron chi connectivity index (χ2n) is 5.60. The molecule has 27 heavy (non-hydrogen) atoms. The zero-order chi connectivity index (χ0) is 19.1. The quantitative estimate of drug-likeness (QED) is 0.406. The van der Waals surface area contributed by atoms with Gasteiger partial charge in [-0.05, 0) is 87.3 Å². The lowest BCUT2D eigenvalue weighted by Crippen LogP contribution is -2.28. The van der Waals surface area contributed by atoms with E-state index in [1.165, 1.54) is 4.90 Å². The lowest BCUT2D eigenvalue weighted by Gasteiger charge is -2.14. The minimum Gasteiger partial charge on any atom is -0.495 e. The molecule has 1 fully saturated rings. The van der Waals surface area contributed by atoms with E-state index in [4.69, 9.17) is 19.6 Å². The van der Waals surface area contributed by atoms with Crippen molar-refractivity contribution in [2.75, 3.05) is 18.8 Å². The maximum absolute atomic E-state index is 13.0. The van der Waals surface area contributed by atoms with Crippen LogP contribution in [0.3, 0.4) is 0 Å². The third-order valence-corrected chi connectivity index (χ3v) is 6.28. The monoisotopic (exact) mass is 606 g/mol. The lowest BCUT2D eigenvalue weighted by atomic mass is 10.2. The normalized spacial score (nSPS) is 17.1. The van der Waals surface area contributed by atoms with Gasteiger partial charge in [0.2, 0.25) is 6.79 Å². The van der Waals surface area contributed by atoms with Crippen LogP contribution in [0.5, 0.6) is 17.2 Å². The average Bonchev–Trinajstić information content (AvgIpc) is 3.18. The van der Waals surface area contributed by atoms with Gasteiger partial charge in [-0.15, -0.1) is 0 Å². The lowest BCUT2D eigenvalue weighted by molar-refractivity contribution is -0.113. The SMILES string of the molecule is COc1c(I)cc(I)cc1/C=C1\SC(=N)N(c2ccc3c(c2)OCO3)C1=O. The van der Waals surface area contributed by atoms with Gasteiger partial charge in [-0.25, -0.2) is 0 Å². The Bertz CT molecular complexity index is 1010. The molecular formula is C18H12I2N2O4S. The molecule has 0 radical (unpaired) electrons. The van der Waals surface area contributed by atoms with Crippen LogP contribution < -0.4 is 19.1 Å². The van der Waals surface area contributed by atoms with Gasteiger partial charge in [-0.1, -0.05) is 0 Å². The van der Waals surface area contributed by atoms with Crippen LogP contribution in [0.1, 0.15) is 5.56 Å². The van der Waals surface area contributed by atoms with E-state index < -0.39 is 0 Å². The number of anilines is 1. The van der Waals surface area contributed by atoms with Crippen molar-refractivity contribution < 1.29 is 19.0 Å². The first-order valence-corrected chi connectivity index (χ1v) is 10.7. The summed E-state index contributed by atoms with van der Waals surface area (Å²) in [5, 5.41) is 8.41. The number of halogens is 2. The van der Waals surface area contributed by atoms with Crippen molar-refractivity contribution in [3.63, 3.8) is 0 Å². The second-order valence-corrected chi connectivity index (χ2v) is 9.04. The number of carbonyl (C=O) groups is 1. The van der Waals surface area contributed by atoms with Gasteiger partial charge in [0.05, 0.1) is 21.3 Å². The molecule has 0 aliphatic carbocycles. The van der Waals surface area contributed by atoms with Gasteiger partial charge in [0, 0.05) is 15.2 Å². The van der Waals surface area contributed by atoms with E-state index in [0.717, 1.165) is 24.5 Å². The Labute approximate surface area is 187 Å². The number of hydrogen-bond donors (Lipinski definition) is 1. The van der Waals surface area contributed by atoms with Crippen LogP contribution in [-0.4, -0.2) is 25.0 Å². The summed E-state index contributed by atoms with van der Waals surface area (Å²) in [4.78, 5) is 14.8. The van der Waals surface area contributed by atoms with Crippen LogP contribution >= 0.6 is 56.9 Å². The summed E-state index contributed by atoms with van der Waals surface area (Å²) in [5.74, 6) is 1.67. The van der Waals surface area contributed by atoms with Crippen molar-refractivity contribution in [3.05, 3.63) is 47.9 Å². The highest BCUT2D eigenvalue weighted by Crippen LogP contribution is 2.41. The number of amides is 1. The Balaban J connectivity index is 1.71. The van der Waals surface area contributed by atoms with Crippen molar-refractivity contribution in [2.24, 2.45) is 0 Å². The number of nitrogens with zero attached hydrogens (tertiary/aromatic N) is 1. The number of methoxy groups -OCH3 is 1. The zero-order valence-corrected chi connectivity index (χ0v) is 19.0. The molecule has 0 aromatic heterocycles. The molecule has 0 saturated carbocycles. The molecule has 6 nitrogen and oxygen atoms in total. The van der Waals surface area contributed by atoms with Crippen LogP contribution in [0.25, 0.3) is 6.08 Å². The smallest absolute Gasteiger partial charge is 0.271 e. The van der Waals surface area contributed by atoms with Crippen molar-refractivity contribution in [1.82, 2.24) is 0 Å². The summed E-state index contributed by atoms with van der Waals surface area (Å²) in [6.07, 6.45) is 1.78. The standard InChI is InChI=1S/C18H12I2N2O4S/c1-24-16-9(4-10(19)6-12(16)20)5-15-17(23)22(18(21)27-15)11-2-3-13-14(7-11)26-8-25-13/h2-7,21H,8H2,1H3/b15-5-,21-18?. The molecule has 2 aromatic rings. The van der Waals surface area contributed by atoms with Gasteiger partial charge in [0.1, 0.15) is 5.75 Å². The summed E-state index contributed by atoms with van der Waals surface area (Å²) >= 11 is 5.56. The van der Waals surface area contributed by atoms with Gasteiger partial charge in [0.15, 0.2) is 16.7 Å². The topological polar surface area (TPSA) is 71.8 Å². The number of hydrogen-bond acceptors (Lipinski definition) is 6. The molecule has 0 bridgehead atoms. The molecule has 138 valence electrons. The van der Waals surface area contributed by atoms with Gasteiger partial charge >= 0.3 is 0 Å². The highest BCUT2D eigenvalue weighted by Gasteiger charge is 2.34. The Kier molecular flexibility index (Phi) is 5.25. The second kappa shape index (κ2) is 7.51. The first kappa shape index (κ1) is 18.9. The average molecular weight is 606 g/mol. The van der Waals surface area contributed by atoms with E-state index in [1.807, 2.05) is 12.1 Å². The molecule has 1 N–H and O–H groups in total. The Morgan fingerprint density at radius 1 is 1.22 bits per heavy atom. The van der Waals surface area contributed by atoms with E-state index in [2.05, 4.69) is 45.2 Å². The number of nitrogens with one attached hydrogen (secondary N) is 1. The molecule has 0 spiro atoms. The number of thioether (sulfide) groups is 1. The number of rotatable bonds is 3. The zero-order valence-electron chi connectivity index (χ0n) is 13.9. The van der Waals surface area contributed by atoms with Crippen molar-refractivity contribution in [1.29, 1.82) is 5.41 Å². The number of ether oxygens (including phenoxy) is 3. The molecule has 1 saturated heterocycles. The summed E-state index contributed by atoms with van der Waals surface area (Å²) in [6, 6.07) is 9.17. The number of amidine groups is 1. The molecule has 2 aliphatic heterocycles. The Morgan fingerprint density at radius 2 is 2.00 bits per heavy atom. The number of fused-ring (bicyclic) bond motifs is 1. The van der Waals surface area contributed by atoms with Crippen LogP contribution in [0.15, 0.2) is 35.2 Å². The van der Waals surface area contributed by atoms with Crippen molar-refractivity contribution >= 4 is 79.8 Å². The fraction of sp³-hybridized carbons (Fsp3) is 0.111. The number of carbonyl (C=O) groups excluding carboxylic acids is 1. The third-order valence-electron chi connectivity index (χ3n) is 3.97. The van der Waals surface area contributed by atoms with E-state index in [9.17, 15) is 4.79 Å². The molecule has 4 rings (SSSR count). The van der Waals surface area contributed by atoms with Gasteiger partial charge in [-0.2, -0.15) is 0 Å². The third kappa shape index (κ3) is 3.51. The Hall–Kier alpha value is -1.47. The highest BCUT2D eigenvalue weighted by molar-refractivity contribution is 14.1. The summed E-state index contributed by atoms with van der Waals surface area (Å²) < 4.78 is 18.2. The molecule has 9 heteroatoms. The molecular weight excluding hydrogens is 594 g/mol. The van der Waals surface area contributed by atoms with E-state index in [0.29, 0.717) is 27.8 Å². The van der Waals surface area contributed by atoms with E-state index in [-0.39, 0.29) is 17.9 Å². The summed E-state index contributed by atoms with van der Waals surface area (Å²) in [6.45, 7) is 0.162. The molecule has 0 atom stereocenters. The van der Waals surface area contributed by atoms with Crippen LogP contribution in [0, 0.1) is 12.5 Å². The first-order valence-electron chi connectivity index (χ1n) is 7.73. The molecule has 2 aromatic carbocycles. The van der Waals surface area contributed by atoms with E-state index >= 15 is 0 Å². The fourth-order valence-electron chi connectivity index (χ4n) is 2.79. The number of benzene rings is 2. The highest BCUT2D eigenvalue weighted by atomic mass is 127. The van der Waals surface area contributed by atoms with Crippen LogP contribution in [-0.2, 0) is 4.79 Å². The molecule has 0 unspecified atom stereocenters. The molecule has 1 amide bonds. The largest absolute Gasteiger partial charge is 0.495 e. The fourth-order valence-corrected chi connectivity index (χ4v) is 5.75. The minimum atomic E-state index is -0.250. The van der Waals surface area contributed by atoms with E-state index in [1.54, 1.807) is 31.4 Å². The maximum Gasteiger partial charge on any atom is 0.271 e. The Morgan fingerprint density at radius 3 is 2.78 bits per heavy atom. The maximum atomic E-state index is 13.0. The predicted molar refractivity (Wildman–Crippen MR) is 122 cm³/mol. The predicted octanol–water partition coefficient (Wildman–Crippen LogP) is 4.69. The molecule has 2 aliphatic rings. The molecule has 2 heterocycles. The summed E-state index contributed by atoms with van der Waals surface area (Å²) in [7, 11) is 1.61. The van der Waals surface area contributed by atoms with Crippen molar-refractivity contribution in [2.45, 2.75) is 0 Å². The summed E-state index contributed by atoms with van der Waals surface area (Å²) in [5.41, 5.74) is 1.39. The van der Waals surface area contributed by atoms with Crippen LogP contribution in [0.4, 0.5) is 5.69 Å². The minimum absolute atomic E-state index is 0.143.